The van der Waals surface area contributed by atoms with Crippen LogP contribution in [0.25, 0.3) is 120 Å². The quantitative estimate of drug-likeness (QED) is 0.140. The normalized spacial score (nSPS) is 11.1. The number of rotatable bonds is 0. The maximum Gasteiger partial charge on any atom is 2.00 e. The van der Waals surface area contributed by atoms with Gasteiger partial charge in [-0.15, -0.1) is 10.8 Å². The zero-order valence-electron chi connectivity index (χ0n) is 42.7. The molecular formula is C66H46N10Pt2. The van der Waals surface area contributed by atoms with Crippen LogP contribution in [0.5, 0.6) is 0 Å². The Morgan fingerprint density at radius 1 is 0.321 bits per heavy atom. The van der Waals surface area contributed by atoms with E-state index in [0.717, 1.165) is 44.7 Å². The molecule has 0 saturated carbocycles. The van der Waals surface area contributed by atoms with Crippen LogP contribution in [0.2, 0.25) is 0 Å². The van der Waals surface area contributed by atoms with Crippen molar-refractivity contribution in [1.29, 1.82) is 0 Å². The predicted octanol–water partition coefficient (Wildman–Crippen LogP) is 14.8. The van der Waals surface area contributed by atoms with E-state index in [2.05, 4.69) is 224 Å². The van der Waals surface area contributed by atoms with E-state index in [1.807, 2.05) is 50.5 Å². The molecule has 16 rings (SSSR count). The smallest absolute Gasteiger partial charge is 0.418 e. The van der Waals surface area contributed by atoms with Gasteiger partial charge in [0.05, 0.1) is 0 Å². The summed E-state index contributed by atoms with van der Waals surface area (Å²) in [5, 5.41) is 27.0. The number of hydrogen-bond donors (Lipinski definition) is 0. The molecule has 78 heavy (non-hydrogen) atoms. The van der Waals surface area contributed by atoms with Crippen molar-refractivity contribution in [3.05, 3.63) is 243 Å². The SMILES string of the molecule is Cc1n[c-]n(C)n1.Cc1n[c-]n(C)n1.[Pt+2].[Pt+2].[c-]1cccc2c3cccc4c5ccccc5c5ccccc5c5cccnc5n(c12)c43.[c-]1cccc2c3cccc4c5ccccc5c5ccccc5c5cccnc5n(c12)c43. The van der Waals surface area contributed by atoms with Crippen molar-refractivity contribution >= 4 is 120 Å². The van der Waals surface area contributed by atoms with Crippen molar-refractivity contribution in [3.63, 3.8) is 0 Å². The first-order chi connectivity index (χ1) is 37.4. The summed E-state index contributed by atoms with van der Waals surface area (Å²) in [5.74, 6) is 1.53. The van der Waals surface area contributed by atoms with Crippen LogP contribution in [0.3, 0.4) is 0 Å². The summed E-state index contributed by atoms with van der Waals surface area (Å²) in [7, 11) is 3.58. The molecule has 0 amide bonds. The van der Waals surface area contributed by atoms with Crippen LogP contribution >= 0.6 is 0 Å². The van der Waals surface area contributed by atoms with E-state index in [0.29, 0.717) is 0 Å². The maximum atomic E-state index is 4.91. The summed E-state index contributed by atoms with van der Waals surface area (Å²) in [6, 6.07) is 75.8. The molecule has 0 fully saturated rings. The summed E-state index contributed by atoms with van der Waals surface area (Å²) < 4.78 is 7.70. The van der Waals surface area contributed by atoms with Crippen molar-refractivity contribution in [1.82, 2.24) is 48.3 Å². The fourth-order valence-electron chi connectivity index (χ4n) is 10.9. The minimum atomic E-state index is 0. The summed E-state index contributed by atoms with van der Waals surface area (Å²) >= 11 is 0. The molecule has 16 aromatic rings. The zero-order valence-corrected chi connectivity index (χ0v) is 47.3. The number of aryl methyl sites for hydroxylation is 4. The predicted molar refractivity (Wildman–Crippen MR) is 310 cm³/mol. The summed E-state index contributed by atoms with van der Waals surface area (Å²) in [5.41, 5.74) is 6.36. The molecule has 10 nitrogen and oxygen atoms in total. The molecule has 8 aromatic heterocycles. The van der Waals surface area contributed by atoms with Gasteiger partial charge in [0.25, 0.3) is 0 Å². The molecular weight excluding hydrogens is 1320 g/mol. The van der Waals surface area contributed by atoms with Crippen molar-refractivity contribution in [2.75, 3.05) is 0 Å². The van der Waals surface area contributed by atoms with Crippen molar-refractivity contribution < 1.29 is 42.1 Å². The van der Waals surface area contributed by atoms with E-state index in [1.54, 1.807) is 23.5 Å². The molecule has 12 heteroatoms. The van der Waals surface area contributed by atoms with Gasteiger partial charge in [0.2, 0.25) is 0 Å². The van der Waals surface area contributed by atoms with Gasteiger partial charge in [-0.1, -0.05) is 158 Å². The minimum Gasteiger partial charge on any atom is -0.418 e. The molecule has 0 saturated heterocycles. The Labute approximate surface area is 477 Å². The van der Waals surface area contributed by atoms with Gasteiger partial charge < -0.3 is 28.1 Å². The molecule has 0 bridgehead atoms. The van der Waals surface area contributed by atoms with Crippen molar-refractivity contribution in [2.24, 2.45) is 14.1 Å². The average Bonchev–Trinajstić information content (AvgIpc) is 4.36. The van der Waals surface area contributed by atoms with Crippen LogP contribution in [0.15, 0.2) is 207 Å². The molecule has 0 radical (unpaired) electrons. The van der Waals surface area contributed by atoms with Gasteiger partial charge in [0, 0.05) is 59.1 Å². The van der Waals surface area contributed by atoms with E-state index >= 15 is 0 Å². The average molecular weight is 1370 g/mol. The first-order valence-corrected chi connectivity index (χ1v) is 25.1. The minimum absolute atomic E-state index is 0. The van der Waals surface area contributed by atoms with Gasteiger partial charge in [0.1, 0.15) is 11.3 Å². The number of hydrogen-bond acceptors (Lipinski definition) is 6. The van der Waals surface area contributed by atoms with Crippen LogP contribution in [0.1, 0.15) is 11.6 Å². The first-order valence-electron chi connectivity index (χ1n) is 25.1. The number of fused-ring (bicyclic) bond motifs is 20. The largest absolute Gasteiger partial charge is 2.00 e. The van der Waals surface area contributed by atoms with Crippen LogP contribution in [0, 0.1) is 38.6 Å². The number of aromatic nitrogens is 10. The molecule has 8 aromatic carbocycles. The Morgan fingerprint density at radius 2 is 0.603 bits per heavy atom. The summed E-state index contributed by atoms with van der Waals surface area (Å²) in [4.78, 5) is 17.3. The molecule has 0 aliphatic heterocycles. The Hall–Kier alpha value is -8.68. The molecule has 8 heterocycles. The fourth-order valence-corrected chi connectivity index (χ4v) is 10.9. The number of para-hydroxylation sites is 4. The molecule has 0 N–H and O–H groups in total. The fraction of sp³-hybridized carbons (Fsp3) is 0.0606. The monoisotopic (exact) mass is 1370 g/mol. The van der Waals surface area contributed by atoms with E-state index in [-0.39, 0.29) is 42.1 Å². The van der Waals surface area contributed by atoms with Crippen LogP contribution in [-0.4, -0.2) is 48.3 Å². The second-order valence-electron chi connectivity index (χ2n) is 18.6. The molecule has 0 aliphatic carbocycles. The molecule has 0 unspecified atom stereocenters. The number of nitrogens with zero attached hydrogens (tertiary/aromatic N) is 10. The van der Waals surface area contributed by atoms with Gasteiger partial charge in [-0.2, -0.15) is 48.5 Å². The Morgan fingerprint density at radius 3 is 0.910 bits per heavy atom. The van der Waals surface area contributed by atoms with Gasteiger partial charge in [-0.3, -0.25) is 10.2 Å². The van der Waals surface area contributed by atoms with Crippen LogP contribution in [0.4, 0.5) is 0 Å². The zero-order chi connectivity index (χ0) is 51.3. The summed E-state index contributed by atoms with van der Waals surface area (Å²) in [6.45, 7) is 3.66. The second kappa shape index (κ2) is 21.7. The van der Waals surface area contributed by atoms with Crippen LogP contribution < -0.4 is 0 Å². The van der Waals surface area contributed by atoms with Gasteiger partial charge >= 0.3 is 42.1 Å². The van der Waals surface area contributed by atoms with Crippen LogP contribution in [-0.2, 0) is 56.2 Å². The summed E-state index contributed by atoms with van der Waals surface area (Å²) in [6.07, 6.45) is 9.02. The third-order valence-electron chi connectivity index (χ3n) is 14.0. The Kier molecular flexibility index (Phi) is 14.3. The number of benzene rings is 8. The molecule has 0 spiro atoms. The van der Waals surface area contributed by atoms with Gasteiger partial charge in [-0.25, -0.2) is 9.97 Å². The van der Waals surface area contributed by atoms with Gasteiger partial charge in [-0.05, 0) is 102 Å². The van der Waals surface area contributed by atoms with E-state index < -0.39 is 0 Å². The first kappa shape index (κ1) is 51.4. The second-order valence-corrected chi connectivity index (χ2v) is 18.6. The van der Waals surface area contributed by atoms with Gasteiger partial charge in [0.15, 0.2) is 0 Å². The maximum absolute atomic E-state index is 4.91. The Bertz CT molecular complexity index is 4630. The van der Waals surface area contributed by atoms with E-state index in [1.165, 1.54) is 86.4 Å². The standard InChI is InChI=1S/2C29H17N2.2C4H6N3.2Pt/c2*1-3-11-21-19(9-1)20-10-2-4-12-22(20)26-16-8-18-30-29(26)31-27-17-6-5-13-23(27)25-15-7-14-24(21)28(25)31;2*1-4-5-3-7(2)6-4;;/h2*1-16,18H;2*1-2H3;;/q4*-1;2*+2. The Balaban J connectivity index is 0.000000130. The topological polar surface area (TPSA) is 96.0 Å². The number of pyridine rings is 2. The van der Waals surface area contributed by atoms with Crippen molar-refractivity contribution in [2.45, 2.75) is 13.8 Å². The van der Waals surface area contributed by atoms with E-state index in [9.17, 15) is 0 Å². The molecule has 0 atom stereocenters. The molecule has 0 aliphatic rings. The van der Waals surface area contributed by atoms with Crippen molar-refractivity contribution in [3.8, 4) is 0 Å². The third-order valence-corrected chi connectivity index (χ3v) is 14.0. The third kappa shape index (κ3) is 9.01. The van der Waals surface area contributed by atoms with E-state index in [4.69, 9.17) is 9.97 Å². The molecule has 380 valence electrons.